The number of aromatic nitrogens is 3. The number of aryl methyl sites for hydroxylation is 1. The second kappa shape index (κ2) is 4.32. The quantitative estimate of drug-likeness (QED) is 0.836. The number of para-hydroxylation sites is 1. The first kappa shape index (κ1) is 10.6. The van der Waals surface area contributed by atoms with Crippen LogP contribution >= 0.6 is 0 Å². The number of hydrogen-bond donors (Lipinski definition) is 1. The van der Waals surface area contributed by atoms with E-state index in [1.165, 1.54) is 0 Å². The van der Waals surface area contributed by atoms with Crippen LogP contribution in [0.25, 0.3) is 5.69 Å². The lowest BCUT2D eigenvalue weighted by Gasteiger charge is -2.10. The highest BCUT2D eigenvalue weighted by Gasteiger charge is 2.14. The summed E-state index contributed by atoms with van der Waals surface area (Å²) >= 11 is 0. The number of hydrogen-bond acceptors (Lipinski definition) is 4. The van der Waals surface area contributed by atoms with Crippen molar-refractivity contribution in [3.05, 3.63) is 35.7 Å². The molecule has 5 nitrogen and oxygen atoms in total. The number of nitrogens with two attached hydrogens (primary N) is 1. The number of methoxy groups -OCH3 is 1. The molecule has 2 N–H and O–H groups in total. The fraction of sp³-hybridized carbons (Fsp3) is 0.273. The largest absolute Gasteiger partial charge is 0.467 e. The first-order valence-electron chi connectivity index (χ1n) is 5.02. The highest BCUT2D eigenvalue weighted by atomic mass is 16.5. The molecule has 0 spiro atoms. The van der Waals surface area contributed by atoms with Gasteiger partial charge in [-0.1, -0.05) is 23.3 Å². The predicted molar refractivity (Wildman–Crippen MR) is 60.5 cm³/mol. The molecule has 0 bridgehead atoms. The molecule has 0 saturated carbocycles. The number of benzene rings is 1. The van der Waals surface area contributed by atoms with E-state index >= 15 is 0 Å². The Hall–Kier alpha value is -1.88. The van der Waals surface area contributed by atoms with E-state index in [2.05, 4.69) is 10.2 Å². The van der Waals surface area contributed by atoms with E-state index in [9.17, 15) is 0 Å². The van der Waals surface area contributed by atoms with Gasteiger partial charge in [0.05, 0.1) is 19.3 Å². The van der Waals surface area contributed by atoms with Gasteiger partial charge in [0.25, 0.3) is 0 Å². The van der Waals surface area contributed by atoms with Crippen LogP contribution in [0.1, 0.15) is 11.4 Å². The maximum absolute atomic E-state index is 5.63. The van der Waals surface area contributed by atoms with Gasteiger partial charge in [-0.15, -0.1) is 5.10 Å². The maximum Gasteiger partial charge on any atom is 0.321 e. The molecule has 0 atom stereocenters. The standard InChI is InChI=1S/C11H14N4O/c1-8-5-3-4-6-9(8)15-10(7-12)13-14-11(15)16-2/h3-6H,7,12H2,1-2H3. The Balaban J connectivity index is 2.62. The molecule has 0 aliphatic rings. The predicted octanol–water partition coefficient (Wildman–Crippen LogP) is 1.04. The van der Waals surface area contributed by atoms with Crippen LogP contribution in [0.5, 0.6) is 6.01 Å². The van der Waals surface area contributed by atoms with Crippen LogP contribution in [0.2, 0.25) is 0 Å². The Morgan fingerprint density at radius 3 is 2.69 bits per heavy atom. The van der Waals surface area contributed by atoms with Gasteiger partial charge >= 0.3 is 6.01 Å². The average Bonchev–Trinajstić information content (AvgIpc) is 2.72. The van der Waals surface area contributed by atoms with Gasteiger partial charge in [-0.05, 0) is 18.6 Å². The van der Waals surface area contributed by atoms with E-state index in [1.54, 1.807) is 7.11 Å². The first-order chi connectivity index (χ1) is 7.77. The van der Waals surface area contributed by atoms with E-state index < -0.39 is 0 Å². The number of ether oxygens (including phenoxy) is 1. The highest BCUT2D eigenvalue weighted by molar-refractivity contribution is 5.42. The van der Waals surface area contributed by atoms with Gasteiger partial charge in [-0.3, -0.25) is 0 Å². The topological polar surface area (TPSA) is 66.0 Å². The molecule has 1 aromatic heterocycles. The van der Waals surface area contributed by atoms with Crippen molar-refractivity contribution in [1.82, 2.24) is 14.8 Å². The smallest absolute Gasteiger partial charge is 0.321 e. The minimum atomic E-state index is 0.324. The zero-order valence-corrected chi connectivity index (χ0v) is 9.34. The second-order valence-electron chi connectivity index (χ2n) is 3.43. The van der Waals surface area contributed by atoms with Gasteiger partial charge in [0, 0.05) is 0 Å². The van der Waals surface area contributed by atoms with Crippen molar-refractivity contribution < 1.29 is 4.74 Å². The van der Waals surface area contributed by atoms with Gasteiger partial charge in [-0.25, -0.2) is 4.57 Å². The van der Waals surface area contributed by atoms with Crippen molar-refractivity contribution in [1.29, 1.82) is 0 Å². The summed E-state index contributed by atoms with van der Waals surface area (Å²) in [6.45, 7) is 2.35. The summed E-state index contributed by atoms with van der Waals surface area (Å²) < 4.78 is 7.00. The lowest BCUT2D eigenvalue weighted by Crippen LogP contribution is -2.09. The molecule has 2 aromatic rings. The Labute approximate surface area is 93.9 Å². The lowest BCUT2D eigenvalue weighted by molar-refractivity contribution is 0.371. The molecule has 0 aliphatic heterocycles. The summed E-state index contributed by atoms with van der Waals surface area (Å²) in [4.78, 5) is 0. The Kier molecular flexibility index (Phi) is 2.87. The molecule has 16 heavy (non-hydrogen) atoms. The lowest BCUT2D eigenvalue weighted by atomic mass is 10.2. The van der Waals surface area contributed by atoms with Crippen LogP contribution < -0.4 is 10.5 Å². The van der Waals surface area contributed by atoms with E-state index in [1.807, 2.05) is 35.8 Å². The van der Waals surface area contributed by atoms with Crippen LogP contribution in [0.4, 0.5) is 0 Å². The normalized spacial score (nSPS) is 10.4. The van der Waals surface area contributed by atoms with Gasteiger partial charge < -0.3 is 10.5 Å². The van der Waals surface area contributed by atoms with Crippen LogP contribution in [-0.4, -0.2) is 21.9 Å². The van der Waals surface area contributed by atoms with Gasteiger partial charge in [0.2, 0.25) is 0 Å². The third-order valence-corrected chi connectivity index (χ3v) is 2.42. The summed E-state index contributed by atoms with van der Waals surface area (Å²) in [5, 5.41) is 7.92. The van der Waals surface area contributed by atoms with Crippen molar-refractivity contribution in [3.8, 4) is 11.7 Å². The van der Waals surface area contributed by atoms with Crippen LogP contribution in [0, 0.1) is 6.92 Å². The Morgan fingerprint density at radius 2 is 2.06 bits per heavy atom. The van der Waals surface area contributed by atoms with Crippen molar-refractivity contribution in [2.45, 2.75) is 13.5 Å². The third-order valence-electron chi connectivity index (χ3n) is 2.42. The number of rotatable bonds is 3. The molecule has 5 heteroatoms. The van der Waals surface area contributed by atoms with Gasteiger partial charge in [-0.2, -0.15) is 0 Å². The van der Waals surface area contributed by atoms with Crippen molar-refractivity contribution in [3.63, 3.8) is 0 Å². The Bertz CT molecular complexity index is 471. The Morgan fingerprint density at radius 1 is 1.31 bits per heavy atom. The summed E-state index contributed by atoms with van der Waals surface area (Å²) in [7, 11) is 1.57. The molecule has 0 saturated heterocycles. The zero-order chi connectivity index (χ0) is 11.5. The molecule has 0 amide bonds. The molecule has 1 heterocycles. The monoisotopic (exact) mass is 218 g/mol. The zero-order valence-electron chi connectivity index (χ0n) is 9.34. The molecular weight excluding hydrogens is 204 g/mol. The fourth-order valence-corrected chi connectivity index (χ4v) is 1.62. The van der Waals surface area contributed by atoms with Gasteiger partial charge in [0.15, 0.2) is 5.82 Å². The average molecular weight is 218 g/mol. The van der Waals surface area contributed by atoms with E-state index in [0.29, 0.717) is 18.4 Å². The molecular formula is C11H14N4O. The first-order valence-corrected chi connectivity index (χ1v) is 5.02. The van der Waals surface area contributed by atoms with E-state index in [0.717, 1.165) is 11.3 Å². The van der Waals surface area contributed by atoms with Crippen molar-refractivity contribution in [2.75, 3.05) is 7.11 Å². The van der Waals surface area contributed by atoms with Crippen molar-refractivity contribution in [2.24, 2.45) is 5.73 Å². The fourth-order valence-electron chi connectivity index (χ4n) is 1.62. The van der Waals surface area contributed by atoms with Crippen molar-refractivity contribution >= 4 is 0 Å². The van der Waals surface area contributed by atoms with Gasteiger partial charge in [0.1, 0.15) is 0 Å². The second-order valence-corrected chi connectivity index (χ2v) is 3.43. The van der Waals surface area contributed by atoms with Crippen LogP contribution in [0.3, 0.4) is 0 Å². The summed E-state index contributed by atoms with van der Waals surface area (Å²) in [6, 6.07) is 8.41. The molecule has 0 aliphatic carbocycles. The van der Waals surface area contributed by atoms with E-state index in [4.69, 9.17) is 10.5 Å². The minimum absolute atomic E-state index is 0.324. The summed E-state index contributed by atoms with van der Waals surface area (Å²) in [5.41, 5.74) is 7.74. The summed E-state index contributed by atoms with van der Waals surface area (Å²) in [5.74, 6) is 0.686. The molecule has 0 fully saturated rings. The minimum Gasteiger partial charge on any atom is -0.467 e. The molecule has 84 valence electrons. The van der Waals surface area contributed by atoms with E-state index in [-0.39, 0.29) is 0 Å². The highest BCUT2D eigenvalue weighted by Crippen LogP contribution is 2.20. The molecule has 0 unspecified atom stereocenters. The summed E-state index contributed by atoms with van der Waals surface area (Å²) in [6.07, 6.45) is 0. The molecule has 1 aromatic carbocycles. The van der Waals surface area contributed by atoms with Crippen LogP contribution in [0.15, 0.2) is 24.3 Å². The third kappa shape index (κ3) is 1.65. The number of nitrogens with zero attached hydrogens (tertiary/aromatic N) is 3. The maximum atomic E-state index is 5.63. The van der Waals surface area contributed by atoms with Crippen LogP contribution in [-0.2, 0) is 6.54 Å². The molecule has 2 rings (SSSR count). The molecule has 0 radical (unpaired) electrons. The SMILES string of the molecule is COc1nnc(CN)n1-c1ccccc1C.